The van der Waals surface area contributed by atoms with Crippen LogP contribution in [0.2, 0.25) is 0 Å². The summed E-state index contributed by atoms with van der Waals surface area (Å²) in [6.07, 6.45) is 8.27. The molecule has 0 saturated carbocycles. The van der Waals surface area contributed by atoms with Crippen molar-refractivity contribution in [2.75, 3.05) is 18.4 Å². The zero-order valence-electron chi connectivity index (χ0n) is 14.8. The van der Waals surface area contributed by atoms with Crippen molar-refractivity contribution < 1.29 is 9.18 Å². The molecule has 1 saturated heterocycles. The molecule has 11 heteroatoms. The van der Waals surface area contributed by atoms with Crippen LogP contribution in [0.25, 0.3) is 5.69 Å². The lowest BCUT2D eigenvalue weighted by Crippen LogP contribution is -2.29. The normalized spacial score (nSPS) is 14.0. The Bertz CT molecular complexity index is 910. The summed E-state index contributed by atoms with van der Waals surface area (Å²) in [4.78, 5) is 16.3. The fourth-order valence-corrected chi connectivity index (χ4v) is 3.02. The number of hydrogen-bond acceptors (Lipinski definition) is 5. The first kappa shape index (κ1) is 21.8. The van der Waals surface area contributed by atoms with Gasteiger partial charge >= 0.3 is 0 Å². The van der Waals surface area contributed by atoms with Gasteiger partial charge in [0.25, 0.3) is 5.91 Å². The molecule has 2 N–H and O–H groups in total. The van der Waals surface area contributed by atoms with Crippen molar-refractivity contribution in [2.24, 2.45) is 0 Å². The van der Waals surface area contributed by atoms with Crippen LogP contribution in [0.3, 0.4) is 0 Å². The predicted molar refractivity (Wildman–Crippen MR) is 107 cm³/mol. The lowest BCUT2D eigenvalue weighted by atomic mass is 10.1. The predicted octanol–water partition coefficient (Wildman–Crippen LogP) is 2.62. The van der Waals surface area contributed by atoms with Crippen LogP contribution in [0, 0.1) is 5.82 Å². The second-order valence-corrected chi connectivity index (χ2v) is 6.16. The fourth-order valence-electron chi connectivity index (χ4n) is 3.02. The third kappa shape index (κ3) is 4.67. The molecule has 0 atom stereocenters. The monoisotopic (exact) mass is 427 g/mol. The smallest absolute Gasteiger partial charge is 0.277 e. The molecule has 1 fully saturated rings. The summed E-state index contributed by atoms with van der Waals surface area (Å²) in [7, 11) is 0. The van der Waals surface area contributed by atoms with Crippen LogP contribution in [0.15, 0.2) is 43.1 Å². The standard InChI is InChI=1S/C17H18FN7O.2ClH/c18-14-9-12(1-2-16(14)24-8-7-20-11-24)21-17(26)15-10-25(23-22-15)13-3-5-19-6-4-13;;/h1-2,7-11,13,19H,3-6H2,(H,21,26);2*1H. The highest BCUT2D eigenvalue weighted by Gasteiger charge is 2.19. The van der Waals surface area contributed by atoms with E-state index in [1.807, 2.05) is 0 Å². The minimum absolute atomic E-state index is 0. The molecule has 2 aromatic heterocycles. The van der Waals surface area contributed by atoms with E-state index in [0.717, 1.165) is 25.9 Å². The molecule has 0 bridgehead atoms. The van der Waals surface area contributed by atoms with E-state index in [1.54, 1.807) is 40.0 Å². The van der Waals surface area contributed by atoms with Gasteiger partial charge in [0.15, 0.2) is 5.69 Å². The minimum Gasteiger partial charge on any atom is -0.320 e. The zero-order valence-corrected chi connectivity index (χ0v) is 16.4. The Balaban J connectivity index is 0.00000140. The molecule has 3 aromatic rings. The quantitative estimate of drug-likeness (QED) is 0.667. The topological polar surface area (TPSA) is 89.7 Å². The Morgan fingerprint density at radius 3 is 2.71 bits per heavy atom. The second-order valence-electron chi connectivity index (χ2n) is 6.16. The summed E-state index contributed by atoms with van der Waals surface area (Å²) >= 11 is 0. The van der Waals surface area contributed by atoms with Gasteiger partial charge in [0.05, 0.1) is 24.3 Å². The number of halogens is 3. The molecule has 1 aliphatic heterocycles. The van der Waals surface area contributed by atoms with Gasteiger partial charge in [-0.15, -0.1) is 29.9 Å². The van der Waals surface area contributed by atoms with E-state index >= 15 is 0 Å². The van der Waals surface area contributed by atoms with Crippen LogP contribution in [0.5, 0.6) is 0 Å². The summed E-state index contributed by atoms with van der Waals surface area (Å²) in [5.41, 5.74) is 0.924. The molecule has 150 valence electrons. The van der Waals surface area contributed by atoms with Crippen molar-refractivity contribution in [1.29, 1.82) is 0 Å². The van der Waals surface area contributed by atoms with Crippen molar-refractivity contribution in [3.8, 4) is 5.69 Å². The average Bonchev–Trinajstić information content (AvgIpc) is 3.35. The molecular formula is C17H20Cl2FN7O. The highest BCUT2D eigenvalue weighted by molar-refractivity contribution is 6.02. The van der Waals surface area contributed by atoms with E-state index in [2.05, 4.69) is 25.9 Å². The molecular weight excluding hydrogens is 408 g/mol. The molecule has 4 rings (SSSR count). The van der Waals surface area contributed by atoms with Gasteiger partial charge < -0.3 is 15.2 Å². The summed E-state index contributed by atoms with van der Waals surface area (Å²) in [6.45, 7) is 1.85. The van der Waals surface area contributed by atoms with Crippen LogP contribution in [0.1, 0.15) is 29.4 Å². The maximum Gasteiger partial charge on any atom is 0.277 e. The van der Waals surface area contributed by atoms with E-state index < -0.39 is 11.7 Å². The molecule has 0 unspecified atom stereocenters. The van der Waals surface area contributed by atoms with Crippen molar-refractivity contribution >= 4 is 36.4 Å². The van der Waals surface area contributed by atoms with Gasteiger partial charge in [0.1, 0.15) is 5.82 Å². The van der Waals surface area contributed by atoms with Gasteiger partial charge in [-0.25, -0.2) is 14.1 Å². The fraction of sp³-hybridized carbons (Fsp3) is 0.294. The lowest BCUT2D eigenvalue weighted by Gasteiger charge is -2.22. The van der Waals surface area contributed by atoms with Crippen molar-refractivity contribution in [3.05, 3.63) is 54.6 Å². The third-order valence-electron chi connectivity index (χ3n) is 4.41. The van der Waals surface area contributed by atoms with Gasteiger partial charge in [-0.2, -0.15) is 0 Å². The Hall–Kier alpha value is -2.49. The number of carbonyl (C=O) groups excluding carboxylic acids is 1. The number of rotatable bonds is 4. The van der Waals surface area contributed by atoms with E-state index in [4.69, 9.17) is 0 Å². The first-order valence-corrected chi connectivity index (χ1v) is 8.42. The second kappa shape index (κ2) is 9.63. The Morgan fingerprint density at radius 1 is 1.25 bits per heavy atom. The highest BCUT2D eigenvalue weighted by atomic mass is 35.5. The summed E-state index contributed by atoms with van der Waals surface area (Å²) in [5, 5.41) is 13.9. The van der Waals surface area contributed by atoms with Gasteiger partial charge in [-0.1, -0.05) is 5.21 Å². The summed E-state index contributed by atoms with van der Waals surface area (Å²) < 4.78 is 17.6. The van der Waals surface area contributed by atoms with Gasteiger partial charge in [0, 0.05) is 18.1 Å². The zero-order chi connectivity index (χ0) is 17.9. The molecule has 0 spiro atoms. The largest absolute Gasteiger partial charge is 0.320 e. The van der Waals surface area contributed by atoms with Gasteiger partial charge in [0.2, 0.25) is 0 Å². The summed E-state index contributed by atoms with van der Waals surface area (Å²) in [6, 6.07) is 4.73. The highest BCUT2D eigenvalue weighted by Crippen LogP contribution is 2.20. The van der Waals surface area contributed by atoms with Crippen molar-refractivity contribution in [2.45, 2.75) is 18.9 Å². The maximum atomic E-state index is 14.3. The molecule has 8 nitrogen and oxygen atoms in total. The maximum absolute atomic E-state index is 14.3. The van der Waals surface area contributed by atoms with E-state index in [9.17, 15) is 9.18 Å². The van der Waals surface area contributed by atoms with Crippen LogP contribution in [-0.2, 0) is 0 Å². The third-order valence-corrected chi connectivity index (χ3v) is 4.41. The molecule has 3 heterocycles. The number of amides is 1. The number of aromatic nitrogens is 5. The van der Waals surface area contributed by atoms with Crippen LogP contribution < -0.4 is 10.6 Å². The first-order valence-electron chi connectivity index (χ1n) is 8.42. The number of nitrogens with one attached hydrogen (secondary N) is 2. The Labute approximate surface area is 173 Å². The number of hydrogen-bond donors (Lipinski definition) is 2. The Kier molecular flexibility index (Phi) is 7.50. The molecule has 1 amide bonds. The SMILES string of the molecule is Cl.Cl.O=C(Nc1ccc(-n2ccnc2)c(F)c1)c1cn(C2CCNCC2)nn1. The van der Waals surface area contributed by atoms with E-state index in [-0.39, 0.29) is 36.5 Å². The minimum atomic E-state index is -0.459. The van der Waals surface area contributed by atoms with Crippen LogP contribution in [0.4, 0.5) is 10.1 Å². The molecule has 1 aliphatic rings. The number of carbonyl (C=O) groups is 1. The molecule has 1 aromatic carbocycles. The number of imidazole rings is 1. The van der Waals surface area contributed by atoms with Crippen molar-refractivity contribution in [1.82, 2.24) is 29.9 Å². The van der Waals surface area contributed by atoms with Crippen LogP contribution in [-0.4, -0.2) is 43.5 Å². The number of piperidine rings is 1. The average molecular weight is 428 g/mol. The number of nitrogens with zero attached hydrogens (tertiary/aromatic N) is 5. The van der Waals surface area contributed by atoms with Crippen molar-refractivity contribution in [3.63, 3.8) is 0 Å². The Morgan fingerprint density at radius 2 is 2.04 bits per heavy atom. The number of benzene rings is 1. The first-order chi connectivity index (χ1) is 12.7. The molecule has 0 aliphatic carbocycles. The van der Waals surface area contributed by atoms with Gasteiger partial charge in [-0.05, 0) is 44.1 Å². The van der Waals surface area contributed by atoms with E-state index in [0.29, 0.717) is 11.4 Å². The molecule has 0 radical (unpaired) electrons. The number of anilines is 1. The van der Waals surface area contributed by atoms with E-state index in [1.165, 1.54) is 12.4 Å². The van der Waals surface area contributed by atoms with Gasteiger partial charge in [-0.3, -0.25) is 4.79 Å². The lowest BCUT2D eigenvalue weighted by molar-refractivity contribution is 0.102. The molecule has 28 heavy (non-hydrogen) atoms. The van der Waals surface area contributed by atoms with Crippen LogP contribution >= 0.6 is 24.8 Å². The summed E-state index contributed by atoms with van der Waals surface area (Å²) in [5.74, 6) is -0.876.